The predicted octanol–water partition coefficient (Wildman–Crippen LogP) is 5.03. The van der Waals surface area contributed by atoms with Crippen LogP contribution in [0, 0.1) is 13.8 Å². The number of hydrogen-bond acceptors (Lipinski definition) is 8. The number of aryl methyl sites for hydroxylation is 2. The number of ether oxygens (including phenoxy) is 4. The van der Waals surface area contributed by atoms with Gasteiger partial charge in [-0.2, -0.15) is 0 Å². The normalized spacial score (nSPS) is 14.1. The van der Waals surface area contributed by atoms with Crippen molar-refractivity contribution in [3.05, 3.63) is 64.7 Å². The fourth-order valence-corrected chi connectivity index (χ4v) is 5.39. The van der Waals surface area contributed by atoms with E-state index in [4.69, 9.17) is 18.9 Å². The summed E-state index contributed by atoms with van der Waals surface area (Å²) in [6.45, 7) is 8.52. The fraction of sp³-hybridized carbons (Fsp3) is 0.353. The maximum absolute atomic E-state index is 13.8. The molecule has 3 aromatic carbocycles. The molecule has 12 nitrogen and oxygen atoms in total. The first kappa shape index (κ1) is 33.6. The third-order valence-electron chi connectivity index (χ3n) is 7.78. The second-order valence-corrected chi connectivity index (χ2v) is 10.9. The smallest absolute Gasteiger partial charge is 0.256 e. The predicted molar refractivity (Wildman–Crippen MR) is 174 cm³/mol. The summed E-state index contributed by atoms with van der Waals surface area (Å²) >= 11 is 0. The van der Waals surface area contributed by atoms with E-state index in [2.05, 4.69) is 10.6 Å². The largest absolute Gasteiger partial charge is 0.493 e. The molecular formula is C34H40N4O8. The number of likely N-dealkylation sites (N-methyl/N-ethyl adjacent to an activating group) is 1. The molecule has 0 bridgehead atoms. The monoisotopic (exact) mass is 632 g/mol. The average molecular weight is 633 g/mol. The molecule has 0 fully saturated rings. The van der Waals surface area contributed by atoms with Crippen LogP contribution < -0.4 is 29.6 Å². The zero-order valence-electron chi connectivity index (χ0n) is 27.4. The van der Waals surface area contributed by atoms with E-state index < -0.39 is 23.8 Å². The Kier molecular flexibility index (Phi) is 10.4. The highest BCUT2D eigenvalue weighted by molar-refractivity contribution is 6.13. The van der Waals surface area contributed by atoms with Gasteiger partial charge in [-0.1, -0.05) is 6.07 Å². The summed E-state index contributed by atoms with van der Waals surface area (Å²) in [6, 6.07) is 10.6. The molecule has 3 aromatic rings. The minimum absolute atomic E-state index is 0.138. The maximum atomic E-state index is 13.8. The maximum Gasteiger partial charge on any atom is 0.256 e. The Morgan fingerprint density at radius 3 is 2.02 bits per heavy atom. The Morgan fingerprint density at radius 1 is 0.870 bits per heavy atom. The number of carbonyl (C=O) groups excluding carboxylic acids is 4. The highest BCUT2D eigenvalue weighted by Gasteiger charge is 2.36. The van der Waals surface area contributed by atoms with Crippen LogP contribution in [0.1, 0.15) is 52.1 Å². The van der Waals surface area contributed by atoms with E-state index in [9.17, 15) is 19.2 Å². The van der Waals surface area contributed by atoms with E-state index >= 15 is 0 Å². The molecule has 0 aromatic heterocycles. The van der Waals surface area contributed by atoms with E-state index in [0.717, 1.165) is 11.1 Å². The Bertz CT molecular complexity index is 1620. The molecule has 1 aliphatic rings. The highest BCUT2D eigenvalue weighted by Crippen LogP contribution is 2.40. The molecule has 1 heterocycles. The van der Waals surface area contributed by atoms with Crippen molar-refractivity contribution >= 4 is 35.0 Å². The molecule has 4 amide bonds. The van der Waals surface area contributed by atoms with E-state index in [1.54, 1.807) is 4.90 Å². The molecule has 46 heavy (non-hydrogen) atoms. The number of amides is 4. The fourth-order valence-electron chi connectivity index (χ4n) is 5.39. The van der Waals surface area contributed by atoms with Crippen LogP contribution in [0.4, 0.5) is 11.4 Å². The van der Waals surface area contributed by atoms with Crippen molar-refractivity contribution in [3.63, 3.8) is 0 Å². The number of nitrogens with zero attached hydrogens (tertiary/aromatic N) is 2. The van der Waals surface area contributed by atoms with Gasteiger partial charge in [-0.05, 0) is 75.2 Å². The minimum Gasteiger partial charge on any atom is -0.493 e. The molecule has 1 atom stereocenters. The molecule has 0 spiro atoms. The van der Waals surface area contributed by atoms with Gasteiger partial charge in [-0.15, -0.1) is 0 Å². The molecule has 2 N–H and O–H groups in total. The number of methoxy groups -OCH3 is 3. The van der Waals surface area contributed by atoms with Crippen LogP contribution in [-0.4, -0.2) is 80.9 Å². The van der Waals surface area contributed by atoms with Crippen LogP contribution in [0.3, 0.4) is 0 Å². The Morgan fingerprint density at radius 2 is 1.48 bits per heavy atom. The van der Waals surface area contributed by atoms with Crippen LogP contribution in [0.25, 0.3) is 0 Å². The van der Waals surface area contributed by atoms with Crippen LogP contribution >= 0.6 is 0 Å². The summed E-state index contributed by atoms with van der Waals surface area (Å²) in [6.07, 6.45) is -0.180. The van der Waals surface area contributed by atoms with Crippen LogP contribution in [0.15, 0.2) is 42.5 Å². The van der Waals surface area contributed by atoms with Crippen molar-refractivity contribution in [3.8, 4) is 28.7 Å². The summed E-state index contributed by atoms with van der Waals surface area (Å²) in [7, 11) is 5.84. The third-order valence-corrected chi connectivity index (χ3v) is 7.78. The average Bonchev–Trinajstić information content (AvgIpc) is 3.10. The standard InChI is InChI=1S/C34H40N4O8/c1-9-38(10-2)30(39)18-26-33(41)35-24-17-25(36-32(40)21-14-28(43-6)31(45-8)29(15-21)44-7)27(16-23(24)34(42)37(26)5)46-22-12-19(3)11-20(4)13-22/h11-17,26H,9-10,18H2,1-8H3,(H,35,41)(H,36,40)/t26-/m0/s1. The second-order valence-electron chi connectivity index (χ2n) is 10.9. The third kappa shape index (κ3) is 7.01. The molecule has 244 valence electrons. The number of hydrogen-bond donors (Lipinski definition) is 2. The molecule has 0 unspecified atom stereocenters. The number of nitrogens with one attached hydrogen (secondary N) is 2. The van der Waals surface area contributed by atoms with Crippen molar-refractivity contribution in [2.75, 3.05) is 52.1 Å². The first-order valence-electron chi connectivity index (χ1n) is 14.9. The SMILES string of the molecule is CCN(CC)C(=O)C[C@H]1C(=O)Nc2cc(NC(=O)c3cc(OC)c(OC)c(OC)c3)c(Oc3cc(C)cc(C)c3)cc2C(=O)N1C. The quantitative estimate of drug-likeness (QED) is 0.301. The van der Waals surface area contributed by atoms with Crippen molar-refractivity contribution in [1.29, 1.82) is 0 Å². The molecule has 4 rings (SSSR count). The molecule has 0 radical (unpaired) electrons. The lowest BCUT2D eigenvalue weighted by Crippen LogP contribution is -2.46. The molecule has 1 aliphatic heterocycles. The number of fused-ring (bicyclic) bond motifs is 1. The minimum atomic E-state index is -1.05. The zero-order valence-corrected chi connectivity index (χ0v) is 27.4. The van der Waals surface area contributed by atoms with Gasteiger partial charge in [0.05, 0.1) is 44.7 Å². The summed E-state index contributed by atoms with van der Waals surface area (Å²) in [5.41, 5.74) is 2.58. The molecule has 12 heteroatoms. The van der Waals surface area contributed by atoms with Crippen molar-refractivity contribution in [2.45, 2.75) is 40.2 Å². The number of rotatable bonds is 11. The number of benzene rings is 3. The molecule has 0 aliphatic carbocycles. The van der Waals surface area contributed by atoms with Crippen LogP contribution in [0.5, 0.6) is 28.7 Å². The van der Waals surface area contributed by atoms with E-state index in [0.29, 0.717) is 24.6 Å². The van der Waals surface area contributed by atoms with Gasteiger partial charge >= 0.3 is 0 Å². The van der Waals surface area contributed by atoms with Gasteiger partial charge in [-0.25, -0.2) is 0 Å². The summed E-state index contributed by atoms with van der Waals surface area (Å²) in [5.74, 6) is -0.259. The highest BCUT2D eigenvalue weighted by atomic mass is 16.5. The van der Waals surface area contributed by atoms with Gasteiger partial charge in [0.1, 0.15) is 11.8 Å². The number of anilines is 2. The van der Waals surface area contributed by atoms with Crippen molar-refractivity contribution in [2.24, 2.45) is 0 Å². The lowest BCUT2D eigenvalue weighted by atomic mass is 10.1. The van der Waals surface area contributed by atoms with Crippen molar-refractivity contribution in [1.82, 2.24) is 9.80 Å². The van der Waals surface area contributed by atoms with Gasteiger partial charge in [0.15, 0.2) is 17.2 Å². The van der Waals surface area contributed by atoms with E-state index in [-0.39, 0.29) is 52.1 Å². The Labute approximate surface area is 268 Å². The van der Waals surface area contributed by atoms with Gasteiger partial charge in [0.2, 0.25) is 17.6 Å². The topological polar surface area (TPSA) is 136 Å². The van der Waals surface area contributed by atoms with Gasteiger partial charge < -0.3 is 39.4 Å². The number of carbonyl (C=O) groups is 4. The first-order chi connectivity index (χ1) is 21.9. The molecular weight excluding hydrogens is 592 g/mol. The van der Waals surface area contributed by atoms with Gasteiger partial charge in [-0.3, -0.25) is 19.2 Å². The van der Waals surface area contributed by atoms with E-state index in [1.807, 2.05) is 45.9 Å². The zero-order chi connectivity index (χ0) is 33.7. The van der Waals surface area contributed by atoms with Crippen LogP contribution in [-0.2, 0) is 9.59 Å². The Balaban J connectivity index is 1.78. The Hall–Kier alpha value is -5.26. The van der Waals surface area contributed by atoms with Crippen LogP contribution in [0.2, 0.25) is 0 Å². The van der Waals surface area contributed by atoms with E-state index in [1.165, 1.54) is 57.5 Å². The van der Waals surface area contributed by atoms with Gasteiger partial charge in [0.25, 0.3) is 11.8 Å². The van der Waals surface area contributed by atoms with Crippen molar-refractivity contribution < 1.29 is 38.1 Å². The molecule has 0 saturated heterocycles. The lowest BCUT2D eigenvalue weighted by molar-refractivity contribution is -0.134. The lowest BCUT2D eigenvalue weighted by Gasteiger charge is -2.27. The summed E-state index contributed by atoms with van der Waals surface area (Å²) < 4.78 is 22.5. The summed E-state index contributed by atoms with van der Waals surface area (Å²) in [4.78, 5) is 56.7. The summed E-state index contributed by atoms with van der Waals surface area (Å²) in [5, 5.41) is 5.64. The first-order valence-corrected chi connectivity index (χ1v) is 14.9. The molecule has 0 saturated carbocycles. The second kappa shape index (κ2) is 14.2. The van der Waals surface area contributed by atoms with Gasteiger partial charge in [0, 0.05) is 25.7 Å².